The molecule has 4 N–H and O–H groups in total. The van der Waals surface area contributed by atoms with Gasteiger partial charge in [-0.2, -0.15) is 0 Å². The average Bonchev–Trinajstić information content (AvgIpc) is 3.08. The first-order chi connectivity index (χ1) is 22.9. The van der Waals surface area contributed by atoms with Crippen molar-refractivity contribution in [1.29, 1.82) is 0 Å². The monoisotopic (exact) mass is 671 g/mol. The second kappa shape index (κ2) is 46.4. The van der Waals surface area contributed by atoms with Crippen LogP contribution in [0.4, 0.5) is 0 Å². The van der Waals surface area contributed by atoms with Crippen molar-refractivity contribution in [3.8, 4) is 0 Å². The summed E-state index contributed by atoms with van der Waals surface area (Å²) in [6, 6.07) is 0. The Labute approximate surface area is 290 Å². The fourth-order valence-corrected chi connectivity index (χ4v) is 4.85. The number of carbonyl (C=O) groups excluding carboxylic acids is 1. The van der Waals surface area contributed by atoms with Crippen molar-refractivity contribution in [2.45, 2.75) is 200 Å². The zero-order chi connectivity index (χ0) is 35.5. The van der Waals surface area contributed by atoms with Crippen molar-refractivity contribution in [3.63, 3.8) is 0 Å². The van der Waals surface area contributed by atoms with E-state index in [2.05, 4.69) is 42.9 Å². The van der Waals surface area contributed by atoms with E-state index in [-0.39, 0.29) is 19.2 Å². The highest BCUT2D eigenvalue weighted by Crippen LogP contribution is 2.11. The van der Waals surface area contributed by atoms with Gasteiger partial charge >= 0.3 is 11.9 Å². The Morgan fingerprint density at radius 2 is 0.809 bits per heavy atom. The Bertz CT molecular complexity index is 659. The van der Waals surface area contributed by atoms with Crippen LogP contribution in [0.15, 0.2) is 24.3 Å². The lowest BCUT2D eigenvalue weighted by Crippen LogP contribution is -2.15. The van der Waals surface area contributed by atoms with E-state index >= 15 is 0 Å². The van der Waals surface area contributed by atoms with Gasteiger partial charge in [0.1, 0.15) is 6.10 Å². The molecule has 0 aliphatic heterocycles. The van der Waals surface area contributed by atoms with E-state index in [1.165, 1.54) is 148 Å². The molecule has 0 fully saturated rings. The van der Waals surface area contributed by atoms with Crippen LogP contribution in [0.3, 0.4) is 0 Å². The van der Waals surface area contributed by atoms with Crippen LogP contribution < -0.4 is 0 Å². The number of carbonyl (C=O) groups is 2. The van der Waals surface area contributed by atoms with Crippen molar-refractivity contribution < 1.29 is 34.8 Å². The minimum atomic E-state index is -0.954. The highest BCUT2D eigenvalue weighted by molar-refractivity contribution is 5.69. The number of ether oxygens (including phenoxy) is 1. The lowest BCUT2D eigenvalue weighted by atomic mass is 10.1. The maximum Gasteiger partial charge on any atom is 0.305 e. The third-order valence-corrected chi connectivity index (χ3v) is 7.94. The van der Waals surface area contributed by atoms with E-state index in [4.69, 9.17) is 20.4 Å². The number of rotatable bonds is 32. The summed E-state index contributed by atoms with van der Waals surface area (Å²) in [7, 11) is 1.46. The van der Waals surface area contributed by atoms with Gasteiger partial charge in [-0.1, -0.05) is 141 Å². The second-order valence-corrected chi connectivity index (χ2v) is 12.7. The molecular formula is C40H78O7. The summed E-state index contributed by atoms with van der Waals surface area (Å²) in [6.45, 7) is 3.80. The zero-order valence-corrected chi connectivity index (χ0v) is 31.1. The third kappa shape index (κ3) is 54.0. The minimum absolute atomic E-state index is 0.0763. The number of carboxylic acid groups (broad SMARTS) is 1. The van der Waals surface area contributed by atoms with E-state index in [0.29, 0.717) is 12.8 Å². The molecule has 0 unspecified atom stereocenters. The number of aliphatic carboxylic acids is 1. The van der Waals surface area contributed by atoms with Crippen LogP contribution in [0, 0.1) is 0 Å². The smallest absolute Gasteiger partial charge is 0.305 e. The molecule has 7 nitrogen and oxygen atoms in total. The molecule has 0 atom stereocenters. The van der Waals surface area contributed by atoms with Gasteiger partial charge in [0.05, 0.1) is 20.3 Å². The van der Waals surface area contributed by atoms with Gasteiger partial charge in [-0.3, -0.25) is 9.59 Å². The maximum atomic E-state index is 10.9. The molecule has 0 spiro atoms. The number of aliphatic hydroxyl groups is 3. The normalized spacial score (nSPS) is 11.0. The maximum absolute atomic E-state index is 10.9. The molecule has 0 bridgehead atoms. The minimum Gasteiger partial charge on any atom is -0.481 e. The van der Waals surface area contributed by atoms with Crippen LogP contribution in [0.1, 0.15) is 194 Å². The molecule has 0 aliphatic rings. The third-order valence-electron chi connectivity index (χ3n) is 7.94. The van der Waals surface area contributed by atoms with Crippen molar-refractivity contribution in [2.24, 2.45) is 0 Å². The first-order valence-corrected chi connectivity index (χ1v) is 19.4. The molecule has 0 aromatic heterocycles. The van der Waals surface area contributed by atoms with Crippen LogP contribution in [0.5, 0.6) is 0 Å². The predicted octanol–water partition coefficient (Wildman–Crippen LogP) is 10.6. The largest absolute Gasteiger partial charge is 0.481 e. The van der Waals surface area contributed by atoms with Gasteiger partial charge in [-0.15, -0.1) is 0 Å². The van der Waals surface area contributed by atoms with Gasteiger partial charge in [-0.05, 0) is 64.2 Å². The SMILES string of the molecule is CCCCCCCCC=CCCCCCCCC(=O)O.CCCCCCCCC=CCCCCCCCC(=O)OC.OCC(O)CO. The molecule has 0 saturated heterocycles. The fourth-order valence-electron chi connectivity index (χ4n) is 4.85. The molecule has 0 saturated carbocycles. The summed E-state index contributed by atoms with van der Waals surface area (Å²) in [5.74, 6) is -0.741. The number of aliphatic hydroxyl groups excluding tert-OH is 3. The molecule has 7 heteroatoms. The molecule has 0 rings (SSSR count). The Hall–Kier alpha value is -1.70. The molecule has 0 aromatic rings. The number of methoxy groups -OCH3 is 1. The Morgan fingerprint density at radius 3 is 1.09 bits per heavy atom. The first kappa shape index (κ1) is 49.7. The number of carboxylic acids is 1. The predicted molar refractivity (Wildman–Crippen MR) is 199 cm³/mol. The van der Waals surface area contributed by atoms with Crippen LogP contribution in [-0.4, -0.2) is 58.8 Å². The Balaban J connectivity index is -0.000000702. The summed E-state index contributed by atoms with van der Waals surface area (Å²) in [5, 5.41) is 32.5. The molecule has 0 aromatic carbocycles. The standard InChI is InChI=1S/C19H36O2.C18H34O2.C3H8O3/c1-3-4-5-6-7-8-9-10-11-12-13-14-15-16-17-18-19(20)21-2;1-2-3-4-5-6-7-8-9-10-11-12-13-14-15-16-17-18(19)20;4-1-3(6)2-5/h10-11H,3-9,12-18H2,1-2H3;9-10H,2-8,11-17H2,1H3,(H,19,20);3-6H,1-2H2. The van der Waals surface area contributed by atoms with E-state index < -0.39 is 12.1 Å². The summed E-state index contributed by atoms with van der Waals surface area (Å²) in [4.78, 5) is 21.2. The fraction of sp³-hybridized carbons (Fsp3) is 0.850. The Morgan fingerprint density at radius 1 is 0.511 bits per heavy atom. The van der Waals surface area contributed by atoms with E-state index in [1.54, 1.807) is 0 Å². The topological polar surface area (TPSA) is 124 Å². The second-order valence-electron chi connectivity index (χ2n) is 12.7. The van der Waals surface area contributed by atoms with E-state index in [0.717, 1.165) is 25.7 Å². The molecule has 0 heterocycles. The molecule has 280 valence electrons. The number of unbranched alkanes of at least 4 members (excludes halogenated alkanes) is 22. The highest BCUT2D eigenvalue weighted by atomic mass is 16.5. The van der Waals surface area contributed by atoms with Crippen molar-refractivity contribution in [1.82, 2.24) is 0 Å². The number of hydrogen-bond acceptors (Lipinski definition) is 6. The van der Waals surface area contributed by atoms with Crippen LogP contribution in [0.2, 0.25) is 0 Å². The van der Waals surface area contributed by atoms with Gasteiger partial charge in [-0.25, -0.2) is 0 Å². The lowest BCUT2D eigenvalue weighted by Gasteiger charge is -2.00. The summed E-state index contributed by atoms with van der Waals surface area (Å²) < 4.78 is 4.62. The lowest BCUT2D eigenvalue weighted by molar-refractivity contribution is -0.141. The summed E-state index contributed by atoms with van der Waals surface area (Å²) >= 11 is 0. The molecular weight excluding hydrogens is 592 g/mol. The number of allylic oxidation sites excluding steroid dienone is 4. The van der Waals surface area contributed by atoms with Crippen LogP contribution in [-0.2, 0) is 14.3 Å². The van der Waals surface area contributed by atoms with Gasteiger partial charge in [0.2, 0.25) is 0 Å². The quantitative estimate of drug-likeness (QED) is 0.0319. The molecule has 0 amide bonds. The van der Waals surface area contributed by atoms with Crippen LogP contribution in [0.25, 0.3) is 0 Å². The molecule has 0 radical (unpaired) electrons. The van der Waals surface area contributed by atoms with Crippen molar-refractivity contribution >= 4 is 11.9 Å². The average molecular weight is 671 g/mol. The number of esters is 1. The molecule has 0 aliphatic carbocycles. The van der Waals surface area contributed by atoms with Gasteiger partial charge in [0.25, 0.3) is 0 Å². The summed E-state index contributed by atoms with van der Waals surface area (Å²) in [6.07, 6.45) is 42.3. The van der Waals surface area contributed by atoms with Crippen molar-refractivity contribution in [2.75, 3.05) is 20.3 Å². The van der Waals surface area contributed by atoms with E-state index in [9.17, 15) is 9.59 Å². The first-order valence-electron chi connectivity index (χ1n) is 19.4. The number of hydrogen-bond donors (Lipinski definition) is 4. The highest BCUT2D eigenvalue weighted by Gasteiger charge is 1.99. The zero-order valence-electron chi connectivity index (χ0n) is 31.1. The molecule has 47 heavy (non-hydrogen) atoms. The van der Waals surface area contributed by atoms with Crippen molar-refractivity contribution in [3.05, 3.63) is 24.3 Å². The van der Waals surface area contributed by atoms with Gasteiger partial charge in [0.15, 0.2) is 0 Å². The summed E-state index contributed by atoms with van der Waals surface area (Å²) in [5.41, 5.74) is 0. The van der Waals surface area contributed by atoms with E-state index in [1.807, 2.05) is 0 Å². The van der Waals surface area contributed by atoms with Gasteiger partial charge in [0, 0.05) is 12.8 Å². The van der Waals surface area contributed by atoms with Gasteiger partial charge < -0.3 is 25.2 Å². The Kier molecular flexibility index (Phi) is 49.1. The van der Waals surface area contributed by atoms with Crippen LogP contribution >= 0.6 is 0 Å².